The molecule has 5 aromatic carbocycles. The molecule has 0 aliphatic carbocycles. The lowest BCUT2D eigenvalue weighted by Crippen LogP contribution is -2.50. The van der Waals surface area contributed by atoms with E-state index in [-0.39, 0.29) is 6.04 Å². The van der Waals surface area contributed by atoms with E-state index in [0.717, 1.165) is 16.2 Å². The number of rotatable bonds is 12. The first-order valence-electron chi connectivity index (χ1n) is 14.3. The first-order chi connectivity index (χ1) is 20.1. The van der Waals surface area contributed by atoms with Crippen LogP contribution in [0.4, 0.5) is 0 Å². The molecule has 0 saturated heterocycles. The lowest BCUT2D eigenvalue weighted by molar-refractivity contribution is 0.0389. The van der Waals surface area contributed by atoms with E-state index in [1.165, 1.54) is 11.1 Å². The average molecular weight is 560 g/mol. The second-order valence-electron chi connectivity index (χ2n) is 10.7. The Kier molecular flexibility index (Phi) is 9.64. The molecule has 0 aromatic heterocycles. The van der Waals surface area contributed by atoms with Crippen molar-refractivity contribution in [1.82, 2.24) is 4.90 Å². The molecule has 41 heavy (non-hydrogen) atoms. The Hall–Kier alpha value is -3.75. The van der Waals surface area contributed by atoms with Crippen LogP contribution >= 0.6 is 7.14 Å². The van der Waals surface area contributed by atoms with Gasteiger partial charge in [-0.2, -0.15) is 0 Å². The van der Waals surface area contributed by atoms with Gasteiger partial charge in [-0.05, 0) is 23.1 Å². The largest absolute Gasteiger partial charge is 0.391 e. The third-order valence-electron chi connectivity index (χ3n) is 7.96. The Morgan fingerprint density at radius 2 is 0.902 bits per heavy atom. The maximum atomic E-state index is 15.3. The minimum Gasteiger partial charge on any atom is -0.391 e. The number of benzene rings is 5. The molecule has 1 N–H and O–H groups in total. The summed E-state index contributed by atoms with van der Waals surface area (Å²) in [5.41, 5.74) is 2.98. The molecule has 0 amide bonds. The molecule has 5 aromatic rings. The number of nitrogens with zero attached hydrogens (tertiary/aromatic N) is 1. The summed E-state index contributed by atoms with van der Waals surface area (Å²) in [6, 6.07) is 50.2. The fraction of sp³-hybridized carbons (Fsp3) is 0.189. The second-order valence-corrected chi connectivity index (χ2v) is 13.9. The highest BCUT2D eigenvalue weighted by molar-refractivity contribution is 7.79. The van der Waals surface area contributed by atoms with Crippen LogP contribution in [-0.4, -0.2) is 27.8 Å². The van der Waals surface area contributed by atoms with Gasteiger partial charge in [-0.15, -0.1) is 0 Å². The lowest BCUT2D eigenvalue weighted by atomic mass is 9.96. The first kappa shape index (κ1) is 28.8. The van der Waals surface area contributed by atoms with E-state index in [1.807, 2.05) is 97.9 Å². The summed E-state index contributed by atoms with van der Waals surface area (Å²) in [6.45, 7) is 3.29. The van der Waals surface area contributed by atoms with Crippen molar-refractivity contribution in [3.63, 3.8) is 0 Å². The molecular weight excluding hydrogens is 521 g/mol. The average Bonchev–Trinajstić information content (AvgIpc) is 3.04. The van der Waals surface area contributed by atoms with Crippen molar-refractivity contribution in [1.29, 1.82) is 0 Å². The van der Waals surface area contributed by atoms with Crippen LogP contribution in [0.3, 0.4) is 0 Å². The Morgan fingerprint density at radius 3 is 1.29 bits per heavy atom. The zero-order valence-corrected chi connectivity index (χ0v) is 24.4. The topological polar surface area (TPSA) is 40.5 Å². The molecule has 3 atom stereocenters. The number of aliphatic hydroxyl groups excluding tert-OH is 1. The summed E-state index contributed by atoms with van der Waals surface area (Å²) >= 11 is 0. The molecule has 0 saturated carbocycles. The van der Waals surface area contributed by atoms with Gasteiger partial charge in [0.25, 0.3) is 0 Å². The van der Waals surface area contributed by atoms with Gasteiger partial charge in [0, 0.05) is 35.4 Å². The van der Waals surface area contributed by atoms with Gasteiger partial charge in [0.2, 0.25) is 0 Å². The molecule has 0 unspecified atom stereocenters. The van der Waals surface area contributed by atoms with E-state index < -0.39 is 18.9 Å². The van der Waals surface area contributed by atoms with E-state index in [0.29, 0.717) is 19.5 Å². The zero-order valence-electron chi connectivity index (χ0n) is 23.5. The van der Waals surface area contributed by atoms with Crippen LogP contribution < -0.4 is 10.6 Å². The molecule has 5 rings (SSSR count). The first-order valence-corrected chi connectivity index (χ1v) is 16.1. The zero-order chi connectivity index (χ0) is 28.5. The summed E-state index contributed by atoms with van der Waals surface area (Å²) in [7, 11) is -3.21. The van der Waals surface area contributed by atoms with Crippen molar-refractivity contribution < 1.29 is 9.67 Å². The number of aliphatic hydroxyl groups is 1. The van der Waals surface area contributed by atoms with Gasteiger partial charge in [0.05, 0.1) is 6.10 Å². The Labute approximate surface area is 244 Å². The van der Waals surface area contributed by atoms with Crippen LogP contribution in [0.2, 0.25) is 0 Å². The van der Waals surface area contributed by atoms with Crippen molar-refractivity contribution in [2.75, 3.05) is 0 Å². The number of hydrogen-bond acceptors (Lipinski definition) is 3. The molecular formula is C37H38NO2P. The molecule has 0 fully saturated rings. The van der Waals surface area contributed by atoms with E-state index in [1.54, 1.807) is 0 Å². The molecule has 0 aliphatic heterocycles. The van der Waals surface area contributed by atoms with E-state index >= 15 is 4.57 Å². The van der Waals surface area contributed by atoms with Crippen LogP contribution in [0.1, 0.15) is 23.6 Å². The summed E-state index contributed by atoms with van der Waals surface area (Å²) < 4.78 is 15.3. The molecule has 0 spiro atoms. The highest BCUT2D eigenvalue weighted by Gasteiger charge is 2.42. The predicted molar refractivity (Wildman–Crippen MR) is 171 cm³/mol. The third-order valence-corrected chi connectivity index (χ3v) is 11.5. The van der Waals surface area contributed by atoms with Gasteiger partial charge in [-0.25, -0.2) is 0 Å². The van der Waals surface area contributed by atoms with Crippen LogP contribution in [-0.2, 0) is 24.1 Å². The van der Waals surface area contributed by atoms with E-state index in [4.69, 9.17) is 0 Å². The molecule has 3 nitrogen and oxygen atoms in total. The summed E-state index contributed by atoms with van der Waals surface area (Å²) in [5, 5.41) is 14.0. The quantitative estimate of drug-likeness (QED) is 0.166. The van der Waals surface area contributed by atoms with Crippen LogP contribution in [0.5, 0.6) is 0 Å². The maximum absolute atomic E-state index is 15.3. The highest BCUT2D eigenvalue weighted by Crippen LogP contribution is 2.50. The minimum atomic E-state index is -3.21. The van der Waals surface area contributed by atoms with Gasteiger partial charge in [0.15, 0.2) is 0 Å². The van der Waals surface area contributed by atoms with Crippen molar-refractivity contribution in [3.8, 4) is 0 Å². The molecule has 208 valence electrons. The summed E-state index contributed by atoms with van der Waals surface area (Å²) in [6.07, 6.45) is -0.232. The Bertz CT molecular complexity index is 1430. The smallest absolute Gasteiger partial charge is 0.148 e. The van der Waals surface area contributed by atoms with Gasteiger partial charge < -0.3 is 9.67 Å². The van der Waals surface area contributed by atoms with Gasteiger partial charge in [-0.3, -0.25) is 4.90 Å². The van der Waals surface area contributed by atoms with Gasteiger partial charge in [0.1, 0.15) is 7.14 Å². The summed E-state index contributed by atoms with van der Waals surface area (Å²) in [5.74, 6) is 0. The predicted octanol–water partition coefficient (Wildman–Crippen LogP) is 7.06. The van der Waals surface area contributed by atoms with Crippen molar-refractivity contribution >= 4 is 17.8 Å². The maximum Gasteiger partial charge on any atom is 0.148 e. The molecule has 0 heterocycles. The summed E-state index contributed by atoms with van der Waals surface area (Å²) in [4.78, 5) is 2.36. The Balaban J connectivity index is 1.59. The van der Waals surface area contributed by atoms with Crippen LogP contribution in [0.25, 0.3) is 0 Å². The van der Waals surface area contributed by atoms with Crippen molar-refractivity contribution in [2.24, 2.45) is 0 Å². The van der Waals surface area contributed by atoms with Crippen LogP contribution in [0.15, 0.2) is 152 Å². The highest BCUT2D eigenvalue weighted by atomic mass is 31.2. The van der Waals surface area contributed by atoms with E-state index in [9.17, 15) is 5.11 Å². The monoisotopic (exact) mass is 559 g/mol. The van der Waals surface area contributed by atoms with Crippen molar-refractivity contribution in [3.05, 3.63) is 168 Å². The fourth-order valence-corrected chi connectivity index (χ4v) is 8.80. The molecule has 0 bridgehead atoms. The SMILES string of the molecule is C[C@H]([C@H](O)[C@@H](Cc1ccccc1)N(Cc1ccccc1)Cc1ccccc1)P(=O)(c1ccccc1)c1ccccc1. The van der Waals surface area contributed by atoms with Crippen LogP contribution in [0, 0.1) is 0 Å². The molecule has 4 heteroatoms. The van der Waals surface area contributed by atoms with E-state index in [2.05, 4.69) is 65.6 Å². The standard InChI is InChI=1S/C37H38NO2P/c1-30(41(40,34-23-13-5-14-24-34)35-25-15-6-16-26-35)37(39)36(27-31-17-7-2-8-18-31)38(28-32-19-9-3-10-20-32)29-33-21-11-4-12-22-33/h2-26,30,36-37,39H,27-29H2,1H3/t30-,36-,37+/m1/s1. The molecule has 0 radical (unpaired) electrons. The fourth-order valence-electron chi connectivity index (χ4n) is 5.70. The van der Waals surface area contributed by atoms with Crippen molar-refractivity contribution in [2.45, 2.75) is 44.2 Å². The van der Waals surface area contributed by atoms with Gasteiger partial charge in [-0.1, -0.05) is 159 Å². The normalized spacial score (nSPS) is 13.9. The molecule has 0 aliphatic rings. The third kappa shape index (κ3) is 6.94. The minimum absolute atomic E-state index is 0.284. The number of hydrogen-bond donors (Lipinski definition) is 1. The second kappa shape index (κ2) is 13.7. The lowest BCUT2D eigenvalue weighted by Gasteiger charge is -2.40. The van der Waals surface area contributed by atoms with Gasteiger partial charge >= 0.3 is 0 Å². The Morgan fingerprint density at radius 1 is 0.561 bits per heavy atom.